The van der Waals surface area contributed by atoms with E-state index in [-0.39, 0.29) is 58.3 Å². The van der Waals surface area contributed by atoms with Crippen molar-refractivity contribution in [3.8, 4) is 0 Å². The van der Waals surface area contributed by atoms with Gasteiger partial charge in [-0.25, -0.2) is 9.78 Å². The zero-order valence-corrected chi connectivity index (χ0v) is 29.8. The van der Waals surface area contributed by atoms with Gasteiger partial charge >= 0.3 is 23.9 Å². The molecule has 0 aliphatic carbocycles. The second-order valence-corrected chi connectivity index (χ2v) is 13.1. The molecular weight excluding hydrogens is 592 g/mol. The number of hydrogen-bond donors (Lipinski definition) is 0. The average Bonchev–Trinajstić information content (AvgIpc) is 3.01. The maximum atomic E-state index is 13.0. The molecule has 268 valence electrons. The van der Waals surface area contributed by atoms with Crippen molar-refractivity contribution in [2.24, 2.45) is 10.8 Å². The largest absolute Gasteiger partial charge is 0.465 e. The molecule has 0 N–H and O–H groups in total. The molecule has 0 aromatic heterocycles. The van der Waals surface area contributed by atoms with E-state index in [1.807, 2.05) is 13.8 Å². The van der Waals surface area contributed by atoms with Gasteiger partial charge in [0, 0.05) is 0 Å². The Balaban J connectivity index is 4.16. The van der Waals surface area contributed by atoms with E-state index in [4.69, 9.17) is 28.7 Å². The van der Waals surface area contributed by atoms with Crippen molar-refractivity contribution in [1.82, 2.24) is 0 Å². The molecule has 0 saturated heterocycles. The van der Waals surface area contributed by atoms with Crippen LogP contribution in [0.15, 0.2) is 12.2 Å². The normalized spacial score (nSPS) is 12.7. The second kappa shape index (κ2) is 26.6. The summed E-state index contributed by atoms with van der Waals surface area (Å²) in [6, 6.07) is 0. The van der Waals surface area contributed by atoms with Crippen LogP contribution in [0.4, 0.5) is 0 Å². The summed E-state index contributed by atoms with van der Waals surface area (Å²) in [4.78, 5) is 59.1. The highest BCUT2D eigenvalue weighted by Crippen LogP contribution is 2.38. The minimum Gasteiger partial charge on any atom is -0.465 e. The molecule has 0 radical (unpaired) electrons. The van der Waals surface area contributed by atoms with Crippen molar-refractivity contribution in [3.05, 3.63) is 12.2 Å². The van der Waals surface area contributed by atoms with Crippen molar-refractivity contribution in [2.75, 3.05) is 39.6 Å². The van der Waals surface area contributed by atoms with Gasteiger partial charge in [0.2, 0.25) is 0 Å². The quantitative estimate of drug-likeness (QED) is 0.0188. The van der Waals surface area contributed by atoms with E-state index in [0.29, 0.717) is 13.0 Å². The number of hydrogen-bond acceptors (Lipinski definition) is 10. The zero-order chi connectivity index (χ0) is 34.7. The summed E-state index contributed by atoms with van der Waals surface area (Å²) in [5.41, 5.74) is -0.984. The first-order valence-corrected chi connectivity index (χ1v) is 17.4. The number of unbranched alkanes of at least 4 members (excludes halogenated alkanes) is 11. The van der Waals surface area contributed by atoms with Crippen LogP contribution in [-0.4, -0.2) is 63.5 Å². The number of carbonyl (C=O) groups excluding carboxylic acids is 4. The average molecular weight is 657 g/mol. The van der Waals surface area contributed by atoms with Crippen LogP contribution in [-0.2, 0) is 47.9 Å². The molecule has 0 spiro atoms. The van der Waals surface area contributed by atoms with Gasteiger partial charge in [0.25, 0.3) is 0 Å². The summed E-state index contributed by atoms with van der Waals surface area (Å²) in [5.74, 6) is -1.96. The van der Waals surface area contributed by atoms with Crippen LogP contribution < -0.4 is 0 Å². The highest BCUT2D eigenvalue weighted by molar-refractivity contribution is 5.80. The third-order valence-corrected chi connectivity index (χ3v) is 7.82. The Morgan fingerprint density at radius 3 is 1.52 bits per heavy atom. The molecule has 0 aliphatic heterocycles. The smallest absolute Gasteiger partial charge is 0.311 e. The van der Waals surface area contributed by atoms with E-state index in [1.165, 1.54) is 57.8 Å². The first-order valence-electron chi connectivity index (χ1n) is 17.4. The van der Waals surface area contributed by atoms with Crippen LogP contribution >= 0.6 is 0 Å². The van der Waals surface area contributed by atoms with Crippen molar-refractivity contribution in [2.45, 2.75) is 144 Å². The predicted molar refractivity (Wildman–Crippen MR) is 178 cm³/mol. The van der Waals surface area contributed by atoms with E-state index in [0.717, 1.165) is 24.8 Å². The Labute approximate surface area is 278 Å². The van der Waals surface area contributed by atoms with Crippen molar-refractivity contribution < 1.29 is 47.9 Å². The lowest BCUT2D eigenvalue weighted by molar-refractivity contribution is -0.291. The molecule has 0 heterocycles. The Morgan fingerprint density at radius 1 is 0.565 bits per heavy atom. The van der Waals surface area contributed by atoms with E-state index >= 15 is 0 Å². The molecule has 0 rings (SSSR count). The summed E-state index contributed by atoms with van der Waals surface area (Å²) in [6.07, 6.45) is 15.4. The SMILES string of the molecule is C=C(C)COOCCOC(=O)CCC(=O)OCCOC(=O)C(C)(C)CC(C)(CC)C(=O)OCCCCCCCCCCCCCC. The third kappa shape index (κ3) is 23.0. The number of rotatable bonds is 30. The molecule has 1 atom stereocenters. The number of esters is 4. The fraction of sp³-hybridized carbons (Fsp3) is 0.833. The first kappa shape index (κ1) is 43.5. The highest BCUT2D eigenvalue weighted by Gasteiger charge is 2.42. The minimum atomic E-state index is -0.952. The summed E-state index contributed by atoms with van der Waals surface area (Å²) in [5, 5.41) is 0. The van der Waals surface area contributed by atoms with Gasteiger partial charge in [-0.05, 0) is 47.0 Å². The van der Waals surface area contributed by atoms with Gasteiger partial charge in [0.05, 0.1) is 30.3 Å². The van der Waals surface area contributed by atoms with E-state index in [9.17, 15) is 19.2 Å². The molecule has 46 heavy (non-hydrogen) atoms. The Kier molecular flexibility index (Phi) is 25.2. The molecule has 0 fully saturated rings. The maximum Gasteiger partial charge on any atom is 0.311 e. The van der Waals surface area contributed by atoms with Crippen molar-refractivity contribution in [3.63, 3.8) is 0 Å². The lowest BCUT2D eigenvalue weighted by Gasteiger charge is -2.33. The molecular formula is C36H64O10. The van der Waals surface area contributed by atoms with Crippen LogP contribution in [0, 0.1) is 10.8 Å². The maximum absolute atomic E-state index is 13.0. The van der Waals surface area contributed by atoms with E-state index in [2.05, 4.69) is 13.5 Å². The van der Waals surface area contributed by atoms with Crippen molar-refractivity contribution >= 4 is 23.9 Å². The predicted octanol–water partition coefficient (Wildman–Crippen LogP) is 8.00. The number of carbonyl (C=O) groups is 4. The van der Waals surface area contributed by atoms with Crippen LogP contribution in [0.2, 0.25) is 0 Å². The van der Waals surface area contributed by atoms with Gasteiger partial charge < -0.3 is 18.9 Å². The van der Waals surface area contributed by atoms with Crippen LogP contribution in [0.3, 0.4) is 0 Å². The molecule has 0 aliphatic rings. The molecule has 0 amide bonds. The third-order valence-electron chi connectivity index (χ3n) is 7.82. The standard InChI is InChI=1S/C36H64O10/c1-8-10-11-12-13-14-15-16-17-18-19-20-23-43-34(40)36(7,9-2)29-35(5,6)33(39)44-25-24-41-31(37)21-22-32(38)42-26-27-45-46-28-30(3)4/h3,8-29H2,1-2,4-7H3. The van der Waals surface area contributed by atoms with Gasteiger partial charge in [-0.1, -0.05) is 96.6 Å². The minimum absolute atomic E-state index is 0.00987. The van der Waals surface area contributed by atoms with Gasteiger partial charge in [-0.3, -0.25) is 19.2 Å². The van der Waals surface area contributed by atoms with Crippen LogP contribution in [0.25, 0.3) is 0 Å². The summed E-state index contributed by atoms with van der Waals surface area (Å²) in [7, 11) is 0. The Hall–Kier alpha value is -2.46. The molecule has 10 heteroatoms. The summed E-state index contributed by atoms with van der Waals surface area (Å²) in [6.45, 7) is 15.3. The van der Waals surface area contributed by atoms with Crippen LogP contribution in [0.5, 0.6) is 0 Å². The number of ether oxygens (including phenoxy) is 4. The monoisotopic (exact) mass is 656 g/mol. The fourth-order valence-electron chi connectivity index (χ4n) is 4.90. The van der Waals surface area contributed by atoms with E-state index < -0.39 is 28.7 Å². The topological polar surface area (TPSA) is 124 Å². The molecule has 0 aromatic carbocycles. The lowest BCUT2D eigenvalue weighted by atomic mass is 9.72. The first-order chi connectivity index (χ1) is 21.9. The summed E-state index contributed by atoms with van der Waals surface area (Å²) < 4.78 is 21.0. The molecule has 1 unspecified atom stereocenters. The molecule has 0 aromatic rings. The van der Waals surface area contributed by atoms with Gasteiger partial charge in [0.1, 0.15) is 33.0 Å². The van der Waals surface area contributed by atoms with Crippen molar-refractivity contribution in [1.29, 1.82) is 0 Å². The Bertz CT molecular complexity index is 869. The second-order valence-electron chi connectivity index (χ2n) is 13.1. The van der Waals surface area contributed by atoms with Gasteiger partial charge in [-0.2, -0.15) is 0 Å². The fourth-order valence-corrected chi connectivity index (χ4v) is 4.90. The summed E-state index contributed by atoms with van der Waals surface area (Å²) >= 11 is 0. The van der Waals surface area contributed by atoms with Crippen LogP contribution in [0.1, 0.15) is 144 Å². The van der Waals surface area contributed by atoms with Gasteiger partial charge in [0.15, 0.2) is 0 Å². The molecule has 0 saturated carbocycles. The zero-order valence-electron chi connectivity index (χ0n) is 29.8. The molecule has 10 nitrogen and oxygen atoms in total. The van der Waals surface area contributed by atoms with E-state index in [1.54, 1.807) is 20.8 Å². The van der Waals surface area contributed by atoms with Gasteiger partial charge in [-0.15, -0.1) is 0 Å². The lowest BCUT2D eigenvalue weighted by Crippen LogP contribution is -2.39. The molecule has 0 bridgehead atoms. The highest BCUT2D eigenvalue weighted by atomic mass is 17.2. The Morgan fingerprint density at radius 2 is 1.02 bits per heavy atom.